The molecule has 0 amide bonds. The van der Waals surface area contributed by atoms with Gasteiger partial charge in [0.2, 0.25) is 0 Å². The van der Waals surface area contributed by atoms with Gasteiger partial charge in [-0.25, -0.2) is 22.7 Å². The Hall–Kier alpha value is -1.61. The summed E-state index contributed by atoms with van der Waals surface area (Å²) in [5, 5.41) is 4.04. The Bertz CT molecular complexity index is 827. The number of aromatic nitrogens is 2. The van der Waals surface area contributed by atoms with Gasteiger partial charge in [0.1, 0.15) is 0 Å². The van der Waals surface area contributed by atoms with Gasteiger partial charge < -0.3 is 9.97 Å². The molecule has 0 saturated heterocycles. The topological polar surface area (TPSA) is 25.8 Å². The van der Waals surface area contributed by atoms with E-state index in [4.69, 9.17) is 9.97 Å². The van der Waals surface area contributed by atoms with E-state index in [1.54, 1.807) is 22.7 Å². The van der Waals surface area contributed by atoms with Crippen molar-refractivity contribution in [3.63, 3.8) is 0 Å². The molecule has 120 valence electrons. The molecule has 0 bridgehead atoms. The van der Waals surface area contributed by atoms with Crippen LogP contribution >= 0.6 is 22.7 Å². The van der Waals surface area contributed by atoms with Crippen LogP contribution in [-0.2, 0) is 27.5 Å². The molecule has 2 nitrogen and oxygen atoms in total. The van der Waals surface area contributed by atoms with E-state index in [2.05, 4.69) is 12.1 Å². The van der Waals surface area contributed by atoms with Crippen LogP contribution in [0.15, 0.2) is 59.3 Å². The van der Waals surface area contributed by atoms with Crippen molar-refractivity contribution in [1.82, 2.24) is 9.97 Å². The van der Waals surface area contributed by atoms with Gasteiger partial charge in [-0.15, -0.1) is 10.8 Å². The summed E-state index contributed by atoms with van der Waals surface area (Å²) in [7, 11) is 0. The van der Waals surface area contributed by atoms with Gasteiger partial charge in [-0.2, -0.15) is 24.3 Å². The van der Waals surface area contributed by atoms with Gasteiger partial charge in [0.25, 0.3) is 0 Å². The van der Waals surface area contributed by atoms with Gasteiger partial charge in [-0.3, -0.25) is 0 Å². The van der Waals surface area contributed by atoms with Crippen LogP contribution in [0.25, 0.3) is 21.1 Å². The Morgan fingerprint density at radius 3 is 1.67 bits per heavy atom. The molecule has 0 saturated carbocycles. The second-order valence-corrected chi connectivity index (χ2v) is 6.83. The molecule has 0 unspecified atom stereocenters. The fourth-order valence-electron chi connectivity index (χ4n) is 2.35. The van der Waals surface area contributed by atoms with Gasteiger partial charge in [-0.05, 0) is 23.5 Å². The number of rotatable bonds is 4. The summed E-state index contributed by atoms with van der Waals surface area (Å²) in [6.07, 6.45) is 0.721. The molecular weight excluding hydrogens is 515 g/mol. The normalized spacial score (nSPS) is 10.3. The largest absolute Gasteiger partial charge is 2.00 e. The maximum absolute atomic E-state index is 4.74. The van der Waals surface area contributed by atoms with Crippen molar-refractivity contribution >= 4 is 22.7 Å². The van der Waals surface area contributed by atoms with Crippen molar-refractivity contribution < 1.29 is 21.1 Å². The van der Waals surface area contributed by atoms with Gasteiger partial charge in [0.15, 0.2) is 0 Å². The van der Waals surface area contributed by atoms with Crippen molar-refractivity contribution in [2.45, 2.75) is 6.42 Å². The number of nitrogens with zero attached hydrogens (tertiary/aromatic N) is 2. The first-order chi connectivity index (χ1) is 11.4. The Labute approximate surface area is 163 Å². The van der Waals surface area contributed by atoms with E-state index in [0.29, 0.717) is 0 Å². The smallest absolute Gasteiger partial charge is 0.315 e. The summed E-state index contributed by atoms with van der Waals surface area (Å²) < 4.78 is 0. The standard InChI is InChI=1S/C19H12N2S2.Pt/c1-5-14(20-16(7-1)18-9-3-11-22-18)13-15-6-2-8-17(21-15)19-10-4-12-23-19;/h1-8,11-12H,13H2;/q-2;+2. The van der Waals surface area contributed by atoms with Crippen LogP contribution in [0.3, 0.4) is 0 Å². The molecule has 0 aliphatic carbocycles. The first-order valence-electron chi connectivity index (χ1n) is 7.21. The monoisotopic (exact) mass is 527 g/mol. The van der Waals surface area contributed by atoms with Crippen molar-refractivity contribution in [3.8, 4) is 21.1 Å². The molecule has 0 spiro atoms. The maximum Gasteiger partial charge on any atom is 2.00 e. The quantitative estimate of drug-likeness (QED) is 0.345. The summed E-state index contributed by atoms with van der Waals surface area (Å²) in [4.78, 5) is 11.6. The van der Waals surface area contributed by atoms with Crippen molar-refractivity contribution in [1.29, 1.82) is 0 Å². The Kier molecular flexibility index (Phi) is 5.72. The number of hydrogen-bond acceptors (Lipinski definition) is 4. The molecule has 0 aromatic carbocycles. The van der Waals surface area contributed by atoms with Gasteiger partial charge in [0, 0.05) is 17.8 Å². The SMILES string of the molecule is [Pt+2].[c-]1ccsc1-c1cccc(Cc2cccc(-c3[c-]ccs3)n2)n1. The van der Waals surface area contributed by atoms with Crippen molar-refractivity contribution in [3.05, 3.63) is 82.8 Å². The third kappa shape index (κ3) is 3.89. The average molecular weight is 528 g/mol. The van der Waals surface area contributed by atoms with Crippen LogP contribution in [-0.4, -0.2) is 9.97 Å². The van der Waals surface area contributed by atoms with Gasteiger partial charge in [-0.1, -0.05) is 34.0 Å². The second kappa shape index (κ2) is 7.98. The van der Waals surface area contributed by atoms with Crippen molar-refractivity contribution in [2.24, 2.45) is 0 Å². The molecule has 0 radical (unpaired) electrons. The molecule has 0 atom stereocenters. The first kappa shape index (κ1) is 17.2. The maximum atomic E-state index is 4.74. The van der Waals surface area contributed by atoms with Gasteiger partial charge >= 0.3 is 21.1 Å². The second-order valence-electron chi connectivity index (χ2n) is 4.99. The summed E-state index contributed by atoms with van der Waals surface area (Å²) in [5.74, 6) is 0. The van der Waals surface area contributed by atoms with Crippen LogP contribution in [0, 0.1) is 12.1 Å². The molecule has 5 heteroatoms. The molecule has 0 fully saturated rings. The molecule has 0 aliphatic rings. The Morgan fingerprint density at radius 1 is 0.750 bits per heavy atom. The van der Waals surface area contributed by atoms with Crippen LogP contribution in [0.4, 0.5) is 0 Å². The molecule has 4 aromatic heterocycles. The molecule has 4 aromatic rings. The minimum Gasteiger partial charge on any atom is -0.315 e. The molecule has 24 heavy (non-hydrogen) atoms. The van der Waals surface area contributed by atoms with Gasteiger partial charge in [0.05, 0.1) is 0 Å². The fraction of sp³-hybridized carbons (Fsp3) is 0.0526. The molecule has 4 rings (SSSR count). The summed E-state index contributed by atoms with van der Waals surface area (Å²) in [6.45, 7) is 0. The summed E-state index contributed by atoms with van der Waals surface area (Å²) >= 11 is 3.31. The third-order valence-corrected chi connectivity index (χ3v) is 5.05. The third-order valence-electron chi connectivity index (χ3n) is 3.38. The summed E-state index contributed by atoms with van der Waals surface area (Å²) in [5.41, 5.74) is 3.98. The zero-order chi connectivity index (χ0) is 15.5. The molecule has 0 N–H and O–H groups in total. The van der Waals surface area contributed by atoms with Crippen molar-refractivity contribution in [2.75, 3.05) is 0 Å². The Balaban J connectivity index is 0.00000169. The average Bonchev–Trinajstić information content (AvgIpc) is 3.29. The molecule has 0 aliphatic heterocycles. The van der Waals surface area contributed by atoms with E-state index in [1.807, 2.05) is 59.3 Å². The van der Waals surface area contributed by atoms with Crippen LogP contribution in [0.5, 0.6) is 0 Å². The van der Waals surface area contributed by atoms with E-state index in [0.717, 1.165) is 39.0 Å². The number of pyridine rings is 2. The summed E-state index contributed by atoms with van der Waals surface area (Å²) in [6, 6.07) is 22.5. The van der Waals surface area contributed by atoms with Crippen LogP contribution in [0.2, 0.25) is 0 Å². The predicted molar refractivity (Wildman–Crippen MR) is 95.6 cm³/mol. The van der Waals surface area contributed by atoms with E-state index >= 15 is 0 Å². The minimum atomic E-state index is 0. The number of thiophene rings is 2. The van der Waals surface area contributed by atoms with E-state index in [9.17, 15) is 0 Å². The fourth-order valence-corrected chi connectivity index (χ4v) is 3.64. The van der Waals surface area contributed by atoms with E-state index in [1.165, 1.54) is 0 Å². The van der Waals surface area contributed by atoms with E-state index < -0.39 is 0 Å². The van der Waals surface area contributed by atoms with Crippen LogP contribution in [0.1, 0.15) is 11.4 Å². The Morgan fingerprint density at radius 2 is 1.25 bits per heavy atom. The minimum absolute atomic E-state index is 0. The van der Waals surface area contributed by atoms with Crippen LogP contribution < -0.4 is 0 Å². The predicted octanol–water partition coefficient (Wildman–Crippen LogP) is 5.12. The number of hydrogen-bond donors (Lipinski definition) is 0. The zero-order valence-corrected chi connectivity index (χ0v) is 16.4. The molecular formula is C19H12N2PtS2. The zero-order valence-electron chi connectivity index (χ0n) is 12.5. The van der Waals surface area contributed by atoms with E-state index in [-0.39, 0.29) is 21.1 Å². The molecule has 4 heterocycles. The first-order valence-corrected chi connectivity index (χ1v) is 8.97.